The van der Waals surface area contributed by atoms with Gasteiger partial charge in [0.25, 0.3) is 0 Å². The van der Waals surface area contributed by atoms with Crippen molar-refractivity contribution in [1.29, 1.82) is 0 Å². The summed E-state index contributed by atoms with van der Waals surface area (Å²) in [5, 5.41) is 1.18. The molecule has 0 amide bonds. The number of rotatable bonds is 1. The molecule has 0 radical (unpaired) electrons. The van der Waals surface area contributed by atoms with Gasteiger partial charge >= 0.3 is 104 Å². The summed E-state index contributed by atoms with van der Waals surface area (Å²) in [5.41, 5.74) is 0. The molecule has 3 rings (SSSR count). The average Bonchev–Trinajstić information content (AvgIpc) is 2.69. The van der Waals surface area contributed by atoms with Crippen LogP contribution in [0.1, 0.15) is 0 Å². The summed E-state index contributed by atoms with van der Waals surface area (Å²) in [7, 11) is 0. The van der Waals surface area contributed by atoms with Crippen LogP contribution < -0.4 is 0 Å². The fourth-order valence-electron chi connectivity index (χ4n) is 1.60. The number of hydrogen-bond donors (Lipinski definition) is 0. The molecule has 0 fully saturated rings. The SMILES string of the molecule is S=c1c2ccccc2[se]n1-c1ccccn1. The van der Waals surface area contributed by atoms with E-state index in [0.717, 1.165) is 10.5 Å². The Bertz CT molecular complexity index is 685. The summed E-state index contributed by atoms with van der Waals surface area (Å²) in [5.74, 6) is 0.948. The Morgan fingerprint density at radius 3 is 2.62 bits per heavy atom. The molecule has 0 N–H and O–H groups in total. The first-order valence-electron chi connectivity index (χ1n) is 4.89. The second-order valence-electron chi connectivity index (χ2n) is 3.37. The summed E-state index contributed by atoms with van der Waals surface area (Å²) >= 11 is 5.70. The zero-order valence-corrected chi connectivity index (χ0v) is 10.9. The van der Waals surface area contributed by atoms with E-state index in [9.17, 15) is 0 Å². The van der Waals surface area contributed by atoms with Crippen LogP contribution in [-0.4, -0.2) is 23.3 Å². The van der Waals surface area contributed by atoms with Crippen LogP contribution in [-0.2, 0) is 0 Å². The molecule has 0 bridgehead atoms. The summed E-state index contributed by atoms with van der Waals surface area (Å²) < 4.78 is 4.37. The number of aromatic nitrogens is 2. The van der Waals surface area contributed by atoms with Gasteiger partial charge in [-0.05, 0) is 0 Å². The number of hydrogen-bond acceptors (Lipinski definition) is 2. The zero-order chi connectivity index (χ0) is 11.0. The van der Waals surface area contributed by atoms with Gasteiger partial charge in [0.05, 0.1) is 0 Å². The van der Waals surface area contributed by atoms with Crippen LogP contribution >= 0.6 is 12.2 Å². The van der Waals surface area contributed by atoms with Crippen molar-refractivity contribution >= 4 is 36.6 Å². The Labute approximate surface area is 104 Å². The van der Waals surface area contributed by atoms with E-state index in [1.54, 1.807) is 6.20 Å². The third-order valence-corrected chi connectivity index (χ3v) is 5.33. The van der Waals surface area contributed by atoms with Crippen LogP contribution in [0, 0.1) is 4.64 Å². The van der Waals surface area contributed by atoms with Crippen molar-refractivity contribution in [3.63, 3.8) is 0 Å². The van der Waals surface area contributed by atoms with E-state index >= 15 is 0 Å². The summed E-state index contributed by atoms with van der Waals surface area (Å²) in [4.78, 5) is 4.35. The third-order valence-electron chi connectivity index (χ3n) is 2.35. The van der Waals surface area contributed by atoms with Crippen LogP contribution in [0.4, 0.5) is 0 Å². The van der Waals surface area contributed by atoms with Crippen molar-refractivity contribution in [2.45, 2.75) is 0 Å². The van der Waals surface area contributed by atoms with Gasteiger partial charge in [-0.1, -0.05) is 0 Å². The van der Waals surface area contributed by atoms with Gasteiger partial charge in [-0.2, -0.15) is 0 Å². The molecule has 0 unspecified atom stereocenters. The third kappa shape index (κ3) is 1.55. The van der Waals surface area contributed by atoms with Gasteiger partial charge in [0.1, 0.15) is 0 Å². The Kier molecular flexibility index (Phi) is 2.48. The molecule has 2 aromatic heterocycles. The molecule has 0 aliphatic carbocycles. The van der Waals surface area contributed by atoms with Gasteiger partial charge in [0.2, 0.25) is 0 Å². The quantitative estimate of drug-likeness (QED) is 0.507. The molecule has 4 heteroatoms. The molecule has 3 aromatic rings. The van der Waals surface area contributed by atoms with Gasteiger partial charge in [-0.25, -0.2) is 0 Å². The van der Waals surface area contributed by atoms with E-state index in [0.29, 0.717) is 0 Å². The molecule has 0 saturated carbocycles. The van der Waals surface area contributed by atoms with Crippen molar-refractivity contribution in [1.82, 2.24) is 8.55 Å². The fourth-order valence-corrected chi connectivity index (χ4v) is 4.27. The Hall–Kier alpha value is -1.22. The first kappa shape index (κ1) is 9.97. The van der Waals surface area contributed by atoms with E-state index in [2.05, 4.69) is 26.7 Å². The van der Waals surface area contributed by atoms with E-state index in [4.69, 9.17) is 12.2 Å². The molecule has 0 aliphatic heterocycles. The van der Waals surface area contributed by atoms with E-state index < -0.39 is 0 Å². The van der Waals surface area contributed by atoms with Crippen LogP contribution in [0.25, 0.3) is 15.5 Å². The summed E-state index contributed by atoms with van der Waals surface area (Å²) in [6, 6.07) is 14.2. The maximum atomic E-state index is 5.48. The maximum absolute atomic E-state index is 5.48. The summed E-state index contributed by atoms with van der Waals surface area (Å²) in [6.45, 7) is 0. The van der Waals surface area contributed by atoms with E-state index in [1.807, 2.05) is 24.3 Å². The average molecular weight is 291 g/mol. The monoisotopic (exact) mass is 292 g/mol. The number of pyridine rings is 1. The van der Waals surface area contributed by atoms with Crippen LogP contribution in [0.2, 0.25) is 0 Å². The topological polar surface area (TPSA) is 17.8 Å². The molecule has 16 heavy (non-hydrogen) atoms. The van der Waals surface area contributed by atoms with Crippen molar-refractivity contribution in [2.75, 3.05) is 0 Å². The van der Waals surface area contributed by atoms with Gasteiger partial charge in [-0.15, -0.1) is 0 Å². The Morgan fingerprint density at radius 2 is 1.88 bits per heavy atom. The van der Waals surface area contributed by atoms with E-state index in [1.165, 1.54) is 9.65 Å². The van der Waals surface area contributed by atoms with Gasteiger partial charge in [0, 0.05) is 0 Å². The molecule has 1 aromatic carbocycles. The molecule has 78 valence electrons. The van der Waals surface area contributed by atoms with Crippen molar-refractivity contribution in [3.8, 4) is 5.82 Å². The molecular formula is C12H8N2SSe. The summed E-state index contributed by atoms with van der Waals surface area (Å²) in [6.07, 6.45) is 1.80. The van der Waals surface area contributed by atoms with Crippen LogP contribution in [0.5, 0.6) is 0 Å². The van der Waals surface area contributed by atoms with Crippen LogP contribution in [0.3, 0.4) is 0 Å². The molecule has 0 spiro atoms. The molecular weight excluding hydrogens is 283 g/mol. The first-order chi connectivity index (χ1) is 7.86. The van der Waals surface area contributed by atoms with Crippen LogP contribution in [0.15, 0.2) is 48.7 Å². The predicted molar refractivity (Wildman–Crippen MR) is 68.8 cm³/mol. The van der Waals surface area contributed by atoms with Gasteiger partial charge in [-0.3, -0.25) is 0 Å². The molecule has 0 saturated heterocycles. The first-order valence-corrected chi connectivity index (χ1v) is 6.92. The molecule has 0 atom stereocenters. The van der Waals surface area contributed by atoms with E-state index in [-0.39, 0.29) is 14.7 Å². The van der Waals surface area contributed by atoms with Crippen molar-refractivity contribution < 1.29 is 0 Å². The molecule has 0 aliphatic rings. The molecule has 2 nitrogen and oxygen atoms in total. The Balaban J connectivity index is 2.34. The van der Waals surface area contributed by atoms with Crippen molar-refractivity contribution in [3.05, 3.63) is 53.3 Å². The number of fused-ring (bicyclic) bond motifs is 1. The van der Waals surface area contributed by atoms with Crippen molar-refractivity contribution in [2.24, 2.45) is 0 Å². The number of nitrogens with zero attached hydrogens (tertiary/aromatic N) is 2. The minimum absolute atomic E-state index is 0.224. The standard InChI is InChI=1S/C12H8N2SSe/c15-12-9-5-1-2-6-10(9)16-14(12)11-7-3-4-8-13-11/h1-8H. The minimum atomic E-state index is 0.224. The second kappa shape index (κ2) is 3.98. The number of benzene rings is 1. The Morgan fingerprint density at radius 1 is 1.06 bits per heavy atom. The fraction of sp³-hybridized carbons (Fsp3) is 0. The molecule has 2 heterocycles. The van der Waals surface area contributed by atoms with Gasteiger partial charge < -0.3 is 0 Å². The normalized spacial score (nSPS) is 10.8. The zero-order valence-electron chi connectivity index (χ0n) is 8.33. The second-order valence-corrected chi connectivity index (χ2v) is 5.83. The predicted octanol–water partition coefficient (Wildman–Crippen LogP) is 2.81. The van der Waals surface area contributed by atoms with Gasteiger partial charge in [0.15, 0.2) is 0 Å².